The Morgan fingerprint density at radius 1 is 0.322 bits per heavy atom. The molecule has 30 nitrogen and oxygen atoms in total. The number of hydrogen-bond donors (Lipinski definition) is 7. The number of carbonyl (C=O) groups excluding carboxylic acids is 10. The van der Waals surface area contributed by atoms with Crippen molar-refractivity contribution in [2.75, 3.05) is 116 Å². The van der Waals surface area contributed by atoms with Crippen molar-refractivity contribution in [3.8, 4) is 67.8 Å². The number of likely N-dealkylation sites (N-methyl/N-ethyl adjacent to an activating group) is 7. The van der Waals surface area contributed by atoms with Crippen LogP contribution in [-0.4, -0.2) is 290 Å². The summed E-state index contributed by atoms with van der Waals surface area (Å²) in [5, 5.41) is 5.88. The summed E-state index contributed by atoms with van der Waals surface area (Å²) in [6.45, 7) is 10.1. The Balaban J connectivity index is 0.576. The monoisotopic (exact) mass is 1640 g/mol. The smallest absolute Gasteiger partial charge is 0.254 e. The minimum atomic E-state index is -1.13. The number of aromatic nitrogens is 8. The van der Waals surface area contributed by atoms with Crippen LogP contribution in [0.3, 0.4) is 0 Å². The molecule has 0 aliphatic heterocycles. The second-order valence-corrected chi connectivity index (χ2v) is 31.4. The van der Waals surface area contributed by atoms with Crippen molar-refractivity contribution in [1.82, 2.24) is 94.6 Å². The molecule has 5 atom stereocenters. The highest BCUT2D eigenvalue weighted by Crippen LogP contribution is 2.33. The Morgan fingerprint density at radius 2 is 0.587 bits per heavy atom. The quantitative estimate of drug-likeness (QED) is 0.0188. The molecule has 0 bridgehead atoms. The minimum Gasteiger partial charge on any atom is -0.368 e. The van der Waals surface area contributed by atoms with Crippen molar-refractivity contribution >= 4 is 103 Å². The maximum absolute atomic E-state index is 14.1. The summed E-state index contributed by atoms with van der Waals surface area (Å²) in [5.74, 6) is -2.01. The zero-order valence-electron chi connectivity index (χ0n) is 70.9. The molecule has 0 saturated heterocycles. The van der Waals surface area contributed by atoms with Crippen molar-refractivity contribution in [2.24, 2.45) is 5.73 Å². The lowest BCUT2D eigenvalue weighted by atomic mass is 10.0. The zero-order chi connectivity index (χ0) is 86.9. The largest absolute Gasteiger partial charge is 0.368 e. The van der Waals surface area contributed by atoms with Crippen LogP contribution >= 0.6 is 0 Å². The first-order valence-electron chi connectivity index (χ1n) is 40.2. The van der Waals surface area contributed by atoms with Gasteiger partial charge in [-0.2, -0.15) is 0 Å². The average Bonchev–Trinajstić information content (AvgIpc) is 1.55. The molecule has 0 aliphatic carbocycles. The molecule has 12 rings (SSSR count). The number of fused-ring (bicyclic) bond motifs is 4. The molecule has 30 heteroatoms. The van der Waals surface area contributed by atoms with E-state index in [0.717, 1.165) is 102 Å². The van der Waals surface area contributed by atoms with E-state index in [9.17, 15) is 47.9 Å². The molecule has 0 aliphatic rings. The van der Waals surface area contributed by atoms with E-state index in [0.29, 0.717) is 78.0 Å². The van der Waals surface area contributed by atoms with E-state index in [1.165, 1.54) is 92.3 Å². The number of nitrogens with two attached hydrogens (primary N) is 1. The van der Waals surface area contributed by atoms with Crippen LogP contribution in [0, 0.1) is 0 Å². The first kappa shape index (κ1) is 86.6. The lowest BCUT2D eigenvalue weighted by molar-refractivity contribution is -0.153. The third-order valence-corrected chi connectivity index (χ3v) is 22.5. The molecule has 10 amide bonds. The molecule has 121 heavy (non-hydrogen) atoms. The van der Waals surface area contributed by atoms with Crippen LogP contribution in [0.1, 0.15) is 88.9 Å². The van der Waals surface area contributed by atoms with Gasteiger partial charge in [-0.05, 0) is 195 Å². The fraction of sp³-hybridized carbons (Fsp3) is 0.319. The third kappa shape index (κ3) is 19.8. The van der Waals surface area contributed by atoms with Crippen LogP contribution in [-0.2, 0) is 28.8 Å². The molecular formula is C91H104N20O10. The van der Waals surface area contributed by atoms with Gasteiger partial charge < -0.3 is 80.4 Å². The normalized spacial score (nSPS) is 12.7. The molecule has 628 valence electrons. The summed E-state index contributed by atoms with van der Waals surface area (Å²) < 4.78 is 0. The van der Waals surface area contributed by atoms with Crippen LogP contribution in [0.4, 0.5) is 0 Å². The van der Waals surface area contributed by atoms with Crippen molar-refractivity contribution in [3.05, 3.63) is 192 Å². The number of aromatic amines is 4. The number of nitrogens with zero attached hydrogens (tertiary/aromatic N) is 13. The van der Waals surface area contributed by atoms with Gasteiger partial charge in [-0.3, -0.25) is 47.9 Å². The topological polar surface area (TPSA) is 365 Å². The number of amides is 10. The molecule has 4 aromatic heterocycles. The molecule has 0 radical (unpaired) electrons. The molecular weight excluding hydrogens is 1530 g/mol. The van der Waals surface area contributed by atoms with Crippen molar-refractivity contribution < 1.29 is 47.9 Å². The molecule has 8 N–H and O–H groups in total. The second-order valence-electron chi connectivity index (χ2n) is 31.4. The fourth-order valence-electron chi connectivity index (χ4n) is 14.2. The van der Waals surface area contributed by atoms with Crippen LogP contribution in [0.25, 0.3) is 112 Å². The van der Waals surface area contributed by atoms with Gasteiger partial charge in [-0.25, -0.2) is 19.9 Å². The Kier molecular flexibility index (Phi) is 26.8. The van der Waals surface area contributed by atoms with Gasteiger partial charge in [-0.1, -0.05) is 72.8 Å². The number of H-pyrrole nitrogens is 4. The summed E-state index contributed by atoms with van der Waals surface area (Å²) in [6, 6.07) is 47.3. The Hall–Kier alpha value is -13.7. The van der Waals surface area contributed by atoms with Gasteiger partial charge >= 0.3 is 0 Å². The van der Waals surface area contributed by atoms with Gasteiger partial charge in [0.1, 0.15) is 53.5 Å². The number of nitrogens with one attached hydrogen (secondary N) is 6. The highest BCUT2D eigenvalue weighted by molar-refractivity contribution is 6.01. The van der Waals surface area contributed by atoms with Crippen LogP contribution in [0.2, 0.25) is 0 Å². The fourth-order valence-corrected chi connectivity index (χ4v) is 14.2. The molecule has 12 aromatic rings. The standard InChI is InChI=1S/C91H104N20O10/c1-53(106(11)86(116)54(2)108(13)88(118)56(4)110(15)91(121)65-32-24-61(25-33-65)82-98-73-41-37-69(51-77(73)102-82)67-35-39-71-75(49-67)100-80(96-71)59-20-28-63(29-21-59)84(114)94-43-47-104(8)9)85(115)107(12)55(3)87(117)109(14)57(5)89(119)111(52-78(92)112)45-17-16-44-105(10)90(120)64-30-22-60(23-31-64)81-97-72-40-36-68(50-76(72)101-81)66-34-38-70-74(48-66)99-79(95-70)58-18-26-62(27-19-58)83(113)93-42-46-103(6)7/h18-41,48-51,53-57H,16-17,42-47,52H2,1-15H3,(H2,92,112)(H,93,113)(H,94,114)(H,95,99)(H,96,100)(H,97,101)(H,98,102)/t53-,54-,55-,56-,57-/m0/s1. The Morgan fingerprint density at radius 3 is 0.884 bits per heavy atom. The molecule has 8 aromatic carbocycles. The number of hydrogen-bond acceptors (Lipinski definition) is 16. The lowest BCUT2D eigenvalue weighted by Gasteiger charge is -2.37. The van der Waals surface area contributed by atoms with Gasteiger partial charge in [0.25, 0.3) is 23.6 Å². The number of unbranched alkanes of at least 4 members (excludes halogenated alkanes) is 1. The number of rotatable bonds is 33. The highest BCUT2D eigenvalue weighted by Gasteiger charge is 2.38. The summed E-state index contributed by atoms with van der Waals surface area (Å²) in [5.41, 5.74) is 20.9. The SMILES string of the molecule is C[C@@H](C(=O)N(C)[C@@H](C)C(=O)N(C)[C@@H](C)C(=O)N(C)[C@@H](C)C(=O)N(C)[C@@H](C)C(=O)N(CCCCN(C)C(=O)c1ccc(-c2nc3cc(-c4ccc5[nH]c(-c6ccc(C(=O)NCCN(C)C)cc6)nc5c4)ccc3[nH]2)cc1)CC(N)=O)N(C)C(=O)c1ccc(-c2nc3cc(-c4ccc5[nH]c(-c6ccc(C(=O)NCCN(C)C)cc6)nc5c4)ccc3[nH]2)cc1. The number of primary amides is 1. The summed E-state index contributed by atoms with van der Waals surface area (Å²) in [4.78, 5) is 182. The predicted molar refractivity (Wildman–Crippen MR) is 468 cm³/mol. The van der Waals surface area contributed by atoms with E-state index in [4.69, 9.17) is 25.7 Å². The van der Waals surface area contributed by atoms with E-state index < -0.39 is 78.1 Å². The molecule has 0 unspecified atom stereocenters. The molecule has 0 saturated carbocycles. The van der Waals surface area contributed by atoms with Gasteiger partial charge in [0.15, 0.2) is 0 Å². The van der Waals surface area contributed by atoms with Gasteiger partial charge in [-0.15, -0.1) is 0 Å². The van der Waals surface area contributed by atoms with Gasteiger partial charge in [0, 0.05) is 126 Å². The van der Waals surface area contributed by atoms with Gasteiger partial charge in [0.2, 0.25) is 35.4 Å². The zero-order valence-corrected chi connectivity index (χ0v) is 70.9. The van der Waals surface area contributed by atoms with Crippen LogP contribution in [0.5, 0.6) is 0 Å². The van der Waals surface area contributed by atoms with E-state index in [2.05, 4.69) is 30.6 Å². The maximum atomic E-state index is 14.1. The molecule has 0 fully saturated rings. The predicted octanol–water partition coefficient (Wildman–Crippen LogP) is 9.49. The average molecular weight is 1640 g/mol. The van der Waals surface area contributed by atoms with E-state index >= 15 is 0 Å². The van der Waals surface area contributed by atoms with Crippen LogP contribution < -0.4 is 16.4 Å². The third-order valence-electron chi connectivity index (χ3n) is 22.5. The number of benzene rings is 8. The highest BCUT2D eigenvalue weighted by atomic mass is 16.2. The van der Waals surface area contributed by atoms with Crippen LogP contribution in [0.15, 0.2) is 170 Å². The van der Waals surface area contributed by atoms with Gasteiger partial charge in [0.05, 0.1) is 50.7 Å². The number of imidazole rings is 4. The maximum Gasteiger partial charge on any atom is 0.254 e. The van der Waals surface area contributed by atoms with E-state index in [1.54, 1.807) is 79.5 Å². The lowest BCUT2D eigenvalue weighted by Crippen LogP contribution is -2.58. The Bertz CT molecular complexity index is 5850. The Labute approximate surface area is 701 Å². The second kappa shape index (κ2) is 37.5. The summed E-state index contributed by atoms with van der Waals surface area (Å²) >= 11 is 0. The van der Waals surface area contributed by atoms with Crippen molar-refractivity contribution in [3.63, 3.8) is 0 Å². The first-order chi connectivity index (χ1) is 57.7. The first-order valence-corrected chi connectivity index (χ1v) is 40.2. The molecule has 0 spiro atoms. The van der Waals surface area contributed by atoms with Crippen molar-refractivity contribution in [1.29, 1.82) is 0 Å². The number of carbonyl (C=O) groups is 10. The summed E-state index contributed by atoms with van der Waals surface area (Å²) in [6.07, 6.45) is 0.828. The summed E-state index contributed by atoms with van der Waals surface area (Å²) in [7, 11) is 16.7. The van der Waals surface area contributed by atoms with Crippen molar-refractivity contribution in [2.45, 2.75) is 77.7 Å². The molecule has 4 heterocycles. The van der Waals surface area contributed by atoms with E-state index in [1.807, 2.05) is 147 Å². The minimum absolute atomic E-state index is 0.0860. The van der Waals surface area contributed by atoms with E-state index in [-0.39, 0.29) is 24.3 Å².